The van der Waals surface area contributed by atoms with Crippen LogP contribution in [0.1, 0.15) is 12.0 Å². The zero-order valence-electron chi connectivity index (χ0n) is 11.7. The van der Waals surface area contributed by atoms with Crippen molar-refractivity contribution in [1.29, 1.82) is 0 Å². The second kappa shape index (κ2) is 7.26. The maximum atomic E-state index is 11.2. The number of nitrogens with zero attached hydrogens (tertiary/aromatic N) is 1. The molecule has 0 amide bonds. The second-order valence-electron chi connectivity index (χ2n) is 4.35. The van der Waals surface area contributed by atoms with E-state index >= 15 is 0 Å². The molecule has 1 aromatic carbocycles. The average Bonchev–Trinajstić information content (AvgIpc) is 2.47. The van der Waals surface area contributed by atoms with Crippen LogP contribution in [0.25, 0.3) is 10.9 Å². The van der Waals surface area contributed by atoms with Gasteiger partial charge in [-0.25, -0.2) is 4.98 Å². The van der Waals surface area contributed by atoms with Crippen molar-refractivity contribution in [3.63, 3.8) is 0 Å². The van der Waals surface area contributed by atoms with E-state index in [2.05, 4.69) is 27.2 Å². The number of carbonyl (C=O) groups excluding carboxylic acids is 1. The summed E-state index contributed by atoms with van der Waals surface area (Å²) in [7, 11) is 3.33. The number of rotatable bonds is 6. The molecule has 0 spiro atoms. The van der Waals surface area contributed by atoms with E-state index in [9.17, 15) is 4.79 Å². The van der Waals surface area contributed by atoms with Gasteiger partial charge in [-0.2, -0.15) is 0 Å². The minimum Gasteiger partial charge on any atom is -0.469 e. The van der Waals surface area contributed by atoms with Crippen LogP contribution in [0.4, 0.5) is 0 Å². The Morgan fingerprint density at radius 1 is 1.40 bits per heavy atom. The first-order chi connectivity index (χ1) is 9.74. The van der Waals surface area contributed by atoms with Gasteiger partial charge in [-0.05, 0) is 24.7 Å². The van der Waals surface area contributed by atoms with Crippen LogP contribution in [-0.2, 0) is 16.1 Å². The zero-order valence-corrected chi connectivity index (χ0v) is 12.5. The number of ether oxygens (including phenoxy) is 1. The largest absolute Gasteiger partial charge is 0.469 e. The molecule has 0 aliphatic carbocycles. The van der Waals surface area contributed by atoms with E-state index in [4.69, 9.17) is 0 Å². The zero-order chi connectivity index (χ0) is 14.4. The molecule has 0 saturated heterocycles. The maximum absolute atomic E-state index is 11.2. The summed E-state index contributed by atoms with van der Waals surface area (Å²) in [6.45, 7) is 0.762. The van der Waals surface area contributed by atoms with Gasteiger partial charge in [0, 0.05) is 17.7 Å². The third-order valence-electron chi connectivity index (χ3n) is 2.90. The van der Waals surface area contributed by atoms with Gasteiger partial charge in [0.15, 0.2) is 0 Å². The molecule has 0 atom stereocenters. The number of benzene rings is 1. The van der Waals surface area contributed by atoms with Gasteiger partial charge < -0.3 is 10.1 Å². The third kappa shape index (κ3) is 3.71. The van der Waals surface area contributed by atoms with E-state index in [0.717, 1.165) is 28.0 Å². The first kappa shape index (κ1) is 14.8. The lowest BCUT2D eigenvalue weighted by Gasteiger charge is -2.09. The average molecular weight is 290 g/mol. The first-order valence-corrected chi connectivity index (χ1v) is 7.46. The van der Waals surface area contributed by atoms with E-state index in [1.54, 1.807) is 11.8 Å². The molecular formula is C15H18N2O2S. The predicted octanol–water partition coefficient (Wildman–Crippen LogP) is 2.61. The molecule has 0 saturated carbocycles. The monoisotopic (exact) mass is 290 g/mol. The van der Waals surface area contributed by atoms with Crippen LogP contribution in [-0.4, -0.2) is 30.9 Å². The Labute approximate surface area is 122 Å². The van der Waals surface area contributed by atoms with Crippen LogP contribution in [0.3, 0.4) is 0 Å². The Morgan fingerprint density at radius 3 is 2.95 bits per heavy atom. The van der Waals surface area contributed by atoms with E-state index in [0.29, 0.717) is 12.2 Å². The summed E-state index contributed by atoms with van der Waals surface area (Å²) < 4.78 is 4.65. The summed E-state index contributed by atoms with van der Waals surface area (Å²) in [5.41, 5.74) is 2.13. The highest BCUT2D eigenvalue weighted by Gasteiger charge is 2.08. The molecule has 0 fully saturated rings. The van der Waals surface area contributed by atoms with Crippen LogP contribution in [0, 0.1) is 0 Å². The number of nitrogens with one attached hydrogen (secondary N) is 1. The van der Waals surface area contributed by atoms with E-state index < -0.39 is 0 Å². The highest BCUT2D eigenvalue weighted by molar-refractivity contribution is 7.99. The van der Waals surface area contributed by atoms with Crippen molar-refractivity contribution in [2.45, 2.75) is 18.0 Å². The fraction of sp³-hybridized carbons (Fsp3) is 0.333. The lowest BCUT2D eigenvalue weighted by Crippen LogP contribution is -2.08. The predicted molar refractivity (Wildman–Crippen MR) is 81.9 cm³/mol. The highest BCUT2D eigenvalue weighted by Crippen LogP contribution is 2.25. The number of aromatic nitrogens is 1. The normalized spacial score (nSPS) is 10.7. The Balaban J connectivity index is 2.20. The highest BCUT2D eigenvalue weighted by atomic mass is 32.2. The smallest absolute Gasteiger partial charge is 0.306 e. The summed E-state index contributed by atoms with van der Waals surface area (Å²) in [4.78, 5) is 15.8. The van der Waals surface area contributed by atoms with E-state index in [-0.39, 0.29) is 5.97 Å². The number of carbonyl (C=O) groups is 1. The number of hydrogen-bond acceptors (Lipinski definition) is 5. The SMILES string of the molecule is CNCc1cc2ccccc2nc1SCCC(=O)OC. The van der Waals surface area contributed by atoms with Crippen LogP contribution in [0.15, 0.2) is 35.4 Å². The number of pyridine rings is 1. The van der Waals surface area contributed by atoms with Gasteiger partial charge in [0.2, 0.25) is 0 Å². The molecule has 0 aliphatic rings. The number of para-hydroxylation sites is 1. The van der Waals surface area contributed by atoms with E-state index in [1.807, 2.05) is 25.2 Å². The molecule has 0 bridgehead atoms. The lowest BCUT2D eigenvalue weighted by atomic mass is 10.1. The van der Waals surface area contributed by atoms with Crippen molar-refractivity contribution in [3.05, 3.63) is 35.9 Å². The maximum Gasteiger partial charge on any atom is 0.306 e. The van der Waals surface area contributed by atoms with Gasteiger partial charge in [-0.15, -0.1) is 11.8 Å². The number of thioether (sulfide) groups is 1. The van der Waals surface area contributed by atoms with Crippen molar-refractivity contribution in [3.8, 4) is 0 Å². The Hall–Kier alpha value is -1.59. The van der Waals surface area contributed by atoms with Gasteiger partial charge in [-0.1, -0.05) is 18.2 Å². The first-order valence-electron chi connectivity index (χ1n) is 6.47. The summed E-state index contributed by atoms with van der Waals surface area (Å²) in [6.07, 6.45) is 0.397. The molecule has 4 nitrogen and oxygen atoms in total. The molecule has 0 radical (unpaired) electrons. The molecule has 0 unspecified atom stereocenters. The van der Waals surface area contributed by atoms with Crippen LogP contribution >= 0.6 is 11.8 Å². The van der Waals surface area contributed by atoms with Crippen molar-refractivity contribution >= 4 is 28.6 Å². The van der Waals surface area contributed by atoms with Crippen LogP contribution < -0.4 is 5.32 Å². The van der Waals surface area contributed by atoms with Crippen molar-refractivity contribution in [1.82, 2.24) is 10.3 Å². The molecule has 2 rings (SSSR count). The Morgan fingerprint density at radius 2 is 2.20 bits per heavy atom. The lowest BCUT2D eigenvalue weighted by molar-refractivity contribution is -0.140. The Kier molecular flexibility index (Phi) is 5.38. The van der Waals surface area contributed by atoms with Gasteiger partial charge >= 0.3 is 5.97 Å². The number of hydrogen-bond donors (Lipinski definition) is 1. The summed E-state index contributed by atoms with van der Waals surface area (Å²) >= 11 is 1.59. The molecule has 0 aliphatic heterocycles. The number of esters is 1. The number of methoxy groups -OCH3 is 1. The van der Waals surface area contributed by atoms with Crippen LogP contribution in [0.2, 0.25) is 0 Å². The molecule has 1 heterocycles. The fourth-order valence-electron chi connectivity index (χ4n) is 1.92. The topological polar surface area (TPSA) is 51.2 Å². The van der Waals surface area contributed by atoms with Gasteiger partial charge in [0.05, 0.1) is 19.0 Å². The van der Waals surface area contributed by atoms with Gasteiger partial charge in [0.1, 0.15) is 5.03 Å². The standard InChI is InChI=1S/C15H18N2O2S/c1-16-10-12-9-11-5-3-4-6-13(11)17-15(12)20-8-7-14(18)19-2/h3-6,9,16H,7-8,10H2,1-2H3. The second-order valence-corrected chi connectivity index (χ2v) is 5.43. The Bertz CT molecular complexity index is 601. The van der Waals surface area contributed by atoms with Crippen molar-refractivity contribution in [2.75, 3.05) is 19.9 Å². The minimum atomic E-state index is -0.187. The number of fused-ring (bicyclic) bond motifs is 1. The molecule has 5 heteroatoms. The van der Waals surface area contributed by atoms with Crippen LogP contribution in [0.5, 0.6) is 0 Å². The molecular weight excluding hydrogens is 272 g/mol. The summed E-state index contributed by atoms with van der Waals surface area (Å²) in [5.74, 6) is 0.489. The van der Waals surface area contributed by atoms with Gasteiger partial charge in [-0.3, -0.25) is 4.79 Å². The molecule has 106 valence electrons. The van der Waals surface area contributed by atoms with Crippen molar-refractivity contribution in [2.24, 2.45) is 0 Å². The molecule has 20 heavy (non-hydrogen) atoms. The van der Waals surface area contributed by atoms with Gasteiger partial charge in [0.25, 0.3) is 0 Å². The van der Waals surface area contributed by atoms with E-state index in [1.165, 1.54) is 7.11 Å². The third-order valence-corrected chi connectivity index (χ3v) is 3.94. The van der Waals surface area contributed by atoms with Crippen molar-refractivity contribution < 1.29 is 9.53 Å². The fourth-order valence-corrected chi connectivity index (χ4v) is 2.86. The molecule has 1 aromatic heterocycles. The molecule has 1 N–H and O–H groups in total. The quantitative estimate of drug-likeness (QED) is 0.654. The minimum absolute atomic E-state index is 0.187. The summed E-state index contributed by atoms with van der Waals surface area (Å²) in [6, 6.07) is 10.2. The molecule has 2 aromatic rings. The summed E-state index contributed by atoms with van der Waals surface area (Å²) in [5, 5.41) is 5.26.